The molecule has 0 atom stereocenters. The van der Waals surface area contributed by atoms with Crippen LogP contribution in [0.4, 0.5) is 0 Å². The highest BCUT2D eigenvalue weighted by Gasteiger charge is 2.15. The van der Waals surface area contributed by atoms with Crippen molar-refractivity contribution in [1.29, 1.82) is 0 Å². The van der Waals surface area contributed by atoms with Gasteiger partial charge in [-0.3, -0.25) is 9.59 Å². The summed E-state index contributed by atoms with van der Waals surface area (Å²) in [4.78, 5) is 25.2. The predicted octanol–water partition coefficient (Wildman–Crippen LogP) is 4.65. The monoisotopic (exact) mass is 409 g/mol. The Kier molecular flexibility index (Phi) is 5.76. The predicted molar refractivity (Wildman–Crippen MR) is 121 cm³/mol. The third-order valence-electron chi connectivity index (χ3n) is 5.31. The molecule has 154 valence electrons. The molecule has 0 aliphatic carbocycles. The molecule has 31 heavy (non-hydrogen) atoms. The Balaban J connectivity index is 1.45. The zero-order chi connectivity index (χ0) is 21.8. The second-order valence-corrected chi connectivity index (χ2v) is 7.35. The first-order chi connectivity index (χ1) is 15.0. The second-order valence-electron chi connectivity index (χ2n) is 7.35. The Morgan fingerprint density at radius 3 is 1.97 bits per heavy atom. The van der Waals surface area contributed by atoms with E-state index in [1.54, 1.807) is 36.4 Å². The van der Waals surface area contributed by atoms with Crippen LogP contribution >= 0.6 is 0 Å². The van der Waals surface area contributed by atoms with Gasteiger partial charge in [-0.1, -0.05) is 60.7 Å². The van der Waals surface area contributed by atoms with E-state index in [1.165, 1.54) is 0 Å². The summed E-state index contributed by atoms with van der Waals surface area (Å²) in [6.07, 6.45) is 0. The summed E-state index contributed by atoms with van der Waals surface area (Å²) < 4.78 is 1.89. The Hall–Kier alpha value is -3.99. The van der Waals surface area contributed by atoms with Gasteiger partial charge in [0.05, 0.1) is 11.4 Å². The molecule has 5 nitrogen and oxygen atoms in total. The summed E-state index contributed by atoms with van der Waals surface area (Å²) >= 11 is 0. The lowest BCUT2D eigenvalue weighted by atomic mass is 10.0. The normalized spacial score (nSPS) is 10.6. The van der Waals surface area contributed by atoms with Gasteiger partial charge in [0, 0.05) is 34.5 Å². The van der Waals surface area contributed by atoms with Crippen molar-refractivity contribution in [3.63, 3.8) is 0 Å². The van der Waals surface area contributed by atoms with Gasteiger partial charge in [-0.25, -0.2) is 4.68 Å². The molecule has 1 heterocycles. The van der Waals surface area contributed by atoms with Gasteiger partial charge in [0.25, 0.3) is 5.91 Å². The summed E-state index contributed by atoms with van der Waals surface area (Å²) in [5.41, 5.74) is 5.54. The molecule has 3 aromatic carbocycles. The molecular weight excluding hydrogens is 386 g/mol. The van der Waals surface area contributed by atoms with Crippen molar-refractivity contribution < 1.29 is 9.59 Å². The molecule has 1 N–H and O–H groups in total. The van der Waals surface area contributed by atoms with Crippen molar-refractivity contribution in [1.82, 2.24) is 15.1 Å². The molecular formula is C26H23N3O2. The summed E-state index contributed by atoms with van der Waals surface area (Å²) in [6, 6.07) is 25.7. The van der Waals surface area contributed by atoms with Gasteiger partial charge >= 0.3 is 0 Å². The fraction of sp³-hybridized carbons (Fsp3) is 0.115. The van der Waals surface area contributed by atoms with Crippen molar-refractivity contribution >= 4 is 11.7 Å². The molecule has 0 saturated heterocycles. The smallest absolute Gasteiger partial charge is 0.251 e. The van der Waals surface area contributed by atoms with E-state index in [0.717, 1.165) is 22.6 Å². The van der Waals surface area contributed by atoms with Crippen molar-refractivity contribution in [2.75, 3.05) is 0 Å². The molecule has 0 spiro atoms. The van der Waals surface area contributed by atoms with E-state index in [4.69, 9.17) is 0 Å². The maximum Gasteiger partial charge on any atom is 0.251 e. The topological polar surface area (TPSA) is 64.0 Å². The highest BCUT2D eigenvalue weighted by atomic mass is 16.1. The average molecular weight is 409 g/mol. The number of carbonyl (C=O) groups is 2. The minimum Gasteiger partial charge on any atom is -0.348 e. The zero-order valence-electron chi connectivity index (χ0n) is 17.5. The number of para-hydroxylation sites is 1. The number of hydrogen-bond acceptors (Lipinski definition) is 3. The average Bonchev–Trinajstić information content (AvgIpc) is 3.11. The van der Waals surface area contributed by atoms with Gasteiger partial charge in [0.15, 0.2) is 5.78 Å². The van der Waals surface area contributed by atoms with Gasteiger partial charge in [-0.15, -0.1) is 0 Å². The molecule has 4 rings (SSSR count). The Bertz CT molecular complexity index is 1210. The number of nitrogens with one attached hydrogen (secondary N) is 1. The number of aryl methyl sites for hydroxylation is 1. The molecule has 5 heteroatoms. The minimum atomic E-state index is -0.190. The van der Waals surface area contributed by atoms with Crippen LogP contribution in [-0.2, 0) is 6.54 Å². The van der Waals surface area contributed by atoms with Crippen LogP contribution in [0.25, 0.3) is 5.69 Å². The molecule has 0 unspecified atom stereocenters. The van der Waals surface area contributed by atoms with E-state index in [1.807, 2.05) is 67.1 Å². The Morgan fingerprint density at radius 1 is 0.774 bits per heavy atom. The largest absolute Gasteiger partial charge is 0.348 e. The molecule has 1 aromatic heterocycles. The van der Waals surface area contributed by atoms with Crippen LogP contribution in [0.1, 0.15) is 43.2 Å². The lowest BCUT2D eigenvalue weighted by molar-refractivity contribution is 0.0949. The SMILES string of the molecule is Cc1nn(-c2ccccc2)c(C)c1CNC(=O)c1ccc(C(=O)c2ccccc2)cc1. The minimum absolute atomic E-state index is 0.0628. The molecule has 0 saturated carbocycles. The number of amides is 1. The highest BCUT2D eigenvalue weighted by Crippen LogP contribution is 2.18. The number of aromatic nitrogens is 2. The maximum atomic E-state index is 12.6. The quantitative estimate of drug-likeness (QED) is 0.472. The maximum absolute atomic E-state index is 12.6. The number of carbonyl (C=O) groups excluding carboxylic acids is 2. The van der Waals surface area contributed by atoms with Crippen LogP contribution in [0.15, 0.2) is 84.9 Å². The van der Waals surface area contributed by atoms with E-state index in [0.29, 0.717) is 23.2 Å². The van der Waals surface area contributed by atoms with Gasteiger partial charge < -0.3 is 5.32 Å². The molecule has 4 aromatic rings. The van der Waals surface area contributed by atoms with Crippen LogP contribution in [0.2, 0.25) is 0 Å². The van der Waals surface area contributed by atoms with Gasteiger partial charge in [-0.05, 0) is 38.1 Å². The first kappa shape index (κ1) is 20.3. The van der Waals surface area contributed by atoms with Crippen molar-refractivity contribution in [2.24, 2.45) is 0 Å². The fourth-order valence-corrected chi connectivity index (χ4v) is 3.55. The van der Waals surface area contributed by atoms with Crippen LogP contribution in [0, 0.1) is 13.8 Å². The van der Waals surface area contributed by atoms with Crippen LogP contribution in [0.3, 0.4) is 0 Å². The molecule has 0 aliphatic rings. The second kappa shape index (κ2) is 8.79. The summed E-state index contributed by atoms with van der Waals surface area (Å²) in [5.74, 6) is -0.253. The first-order valence-electron chi connectivity index (χ1n) is 10.1. The van der Waals surface area contributed by atoms with Gasteiger partial charge in [0.2, 0.25) is 0 Å². The van der Waals surface area contributed by atoms with Crippen molar-refractivity contribution in [2.45, 2.75) is 20.4 Å². The molecule has 0 bridgehead atoms. The summed E-state index contributed by atoms with van der Waals surface area (Å²) in [5, 5.41) is 7.58. The number of nitrogens with zero attached hydrogens (tertiary/aromatic N) is 2. The molecule has 0 fully saturated rings. The number of benzene rings is 3. The molecule has 0 aliphatic heterocycles. The Morgan fingerprint density at radius 2 is 1.32 bits per heavy atom. The van der Waals surface area contributed by atoms with Crippen LogP contribution < -0.4 is 5.32 Å². The number of rotatable bonds is 6. The molecule has 1 amide bonds. The highest BCUT2D eigenvalue weighted by molar-refractivity contribution is 6.09. The first-order valence-corrected chi connectivity index (χ1v) is 10.1. The van der Waals surface area contributed by atoms with E-state index >= 15 is 0 Å². The Labute approximate surface area is 181 Å². The van der Waals surface area contributed by atoms with Gasteiger partial charge in [-0.2, -0.15) is 5.10 Å². The lowest BCUT2D eigenvalue weighted by Gasteiger charge is -2.08. The fourth-order valence-electron chi connectivity index (χ4n) is 3.55. The van der Waals surface area contributed by atoms with Crippen molar-refractivity contribution in [3.8, 4) is 5.69 Å². The van der Waals surface area contributed by atoms with Crippen LogP contribution in [0.5, 0.6) is 0 Å². The zero-order valence-corrected chi connectivity index (χ0v) is 17.5. The van der Waals surface area contributed by atoms with E-state index in [-0.39, 0.29) is 11.7 Å². The van der Waals surface area contributed by atoms with E-state index in [2.05, 4.69) is 10.4 Å². The third-order valence-corrected chi connectivity index (χ3v) is 5.31. The van der Waals surface area contributed by atoms with Crippen molar-refractivity contribution in [3.05, 3.63) is 119 Å². The summed E-state index contributed by atoms with van der Waals surface area (Å²) in [6.45, 7) is 4.32. The summed E-state index contributed by atoms with van der Waals surface area (Å²) in [7, 11) is 0. The number of ketones is 1. The third kappa shape index (κ3) is 4.31. The van der Waals surface area contributed by atoms with E-state index in [9.17, 15) is 9.59 Å². The standard InChI is InChI=1S/C26H23N3O2/c1-18-24(19(2)29(28-18)23-11-7-4-8-12-23)17-27-26(31)22-15-13-21(14-16-22)25(30)20-9-5-3-6-10-20/h3-16H,17H2,1-2H3,(H,27,31). The van der Waals surface area contributed by atoms with Crippen LogP contribution in [-0.4, -0.2) is 21.5 Å². The van der Waals surface area contributed by atoms with E-state index < -0.39 is 0 Å². The lowest BCUT2D eigenvalue weighted by Crippen LogP contribution is -2.23. The van der Waals surface area contributed by atoms with Gasteiger partial charge in [0.1, 0.15) is 0 Å². The molecule has 0 radical (unpaired) electrons. The number of hydrogen-bond donors (Lipinski definition) is 1.